The molecule has 0 aromatic heterocycles. The molecule has 0 atom stereocenters. The van der Waals surface area contributed by atoms with Crippen LogP contribution >= 0.6 is 24.0 Å². The van der Waals surface area contributed by atoms with Gasteiger partial charge in [0.2, 0.25) is 0 Å². The average Bonchev–Trinajstić information content (AvgIpc) is 2.68. The summed E-state index contributed by atoms with van der Waals surface area (Å²) in [5.41, 5.74) is 0.890. The van der Waals surface area contributed by atoms with Gasteiger partial charge >= 0.3 is 0 Å². The van der Waals surface area contributed by atoms with E-state index in [0.717, 1.165) is 51.3 Å². The molecule has 0 aliphatic carbocycles. The van der Waals surface area contributed by atoms with Crippen LogP contribution < -0.4 is 20.1 Å². The first kappa shape index (κ1) is 23.8. The summed E-state index contributed by atoms with van der Waals surface area (Å²) >= 11 is 0. The van der Waals surface area contributed by atoms with Crippen molar-refractivity contribution in [3.05, 3.63) is 18.2 Å². The van der Waals surface area contributed by atoms with Gasteiger partial charge in [0.15, 0.2) is 17.5 Å². The van der Waals surface area contributed by atoms with E-state index in [1.54, 1.807) is 14.2 Å². The van der Waals surface area contributed by atoms with E-state index in [4.69, 9.17) is 18.9 Å². The van der Waals surface area contributed by atoms with Crippen LogP contribution in [-0.2, 0) is 9.47 Å². The summed E-state index contributed by atoms with van der Waals surface area (Å²) in [6.07, 6.45) is 3.26. The van der Waals surface area contributed by atoms with E-state index in [0.29, 0.717) is 30.2 Å². The molecular formula is C19H32IN3O4. The lowest BCUT2D eigenvalue weighted by molar-refractivity contribution is -0.0320. The number of aliphatic imine (C=N–C) groups is 1. The van der Waals surface area contributed by atoms with Crippen LogP contribution in [0.3, 0.4) is 0 Å². The van der Waals surface area contributed by atoms with Crippen molar-refractivity contribution in [1.29, 1.82) is 0 Å². The van der Waals surface area contributed by atoms with Gasteiger partial charge in [-0.05, 0) is 38.3 Å². The zero-order valence-electron chi connectivity index (χ0n) is 16.5. The van der Waals surface area contributed by atoms with Crippen LogP contribution in [-0.4, -0.2) is 59.2 Å². The number of benzene rings is 1. The van der Waals surface area contributed by atoms with Crippen LogP contribution in [0.5, 0.6) is 11.5 Å². The second-order valence-corrected chi connectivity index (χ2v) is 5.96. The number of guanidine groups is 1. The normalized spacial score (nSPS) is 15.0. The van der Waals surface area contributed by atoms with E-state index in [9.17, 15) is 0 Å². The monoisotopic (exact) mass is 493 g/mol. The van der Waals surface area contributed by atoms with Gasteiger partial charge in [0.25, 0.3) is 0 Å². The number of ether oxygens (including phenoxy) is 4. The van der Waals surface area contributed by atoms with Crippen molar-refractivity contribution in [1.82, 2.24) is 5.32 Å². The molecule has 0 saturated carbocycles. The van der Waals surface area contributed by atoms with Gasteiger partial charge in [-0.2, -0.15) is 0 Å². The predicted molar refractivity (Wildman–Crippen MR) is 119 cm³/mol. The smallest absolute Gasteiger partial charge is 0.195 e. The highest BCUT2D eigenvalue weighted by Gasteiger charge is 2.13. The van der Waals surface area contributed by atoms with E-state index in [-0.39, 0.29) is 24.0 Å². The molecule has 1 aromatic carbocycles. The first-order valence-corrected chi connectivity index (χ1v) is 9.24. The lowest BCUT2D eigenvalue weighted by Gasteiger charge is -2.22. The molecular weight excluding hydrogens is 461 g/mol. The molecule has 1 saturated heterocycles. The lowest BCUT2D eigenvalue weighted by Crippen LogP contribution is -2.32. The number of anilines is 1. The number of nitrogens with zero attached hydrogens (tertiary/aromatic N) is 1. The highest BCUT2D eigenvalue weighted by atomic mass is 127. The molecule has 1 heterocycles. The summed E-state index contributed by atoms with van der Waals surface area (Å²) in [5.74, 6) is 2.13. The fourth-order valence-corrected chi connectivity index (χ4v) is 2.71. The molecule has 2 rings (SSSR count). The van der Waals surface area contributed by atoms with Crippen molar-refractivity contribution in [3.63, 3.8) is 0 Å². The highest BCUT2D eigenvalue weighted by Crippen LogP contribution is 2.30. The van der Waals surface area contributed by atoms with Gasteiger partial charge in [0, 0.05) is 45.2 Å². The summed E-state index contributed by atoms with van der Waals surface area (Å²) < 4.78 is 22.1. The Morgan fingerprint density at radius 3 is 2.70 bits per heavy atom. The maximum Gasteiger partial charge on any atom is 0.195 e. The standard InChI is InChI=1S/C19H31N3O4.HI/c1-4-25-18-14-15(6-7-17(18)23-3)22-19(20-2)21-10-5-11-26-16-8-12-24-13-9-16;/h6-7,14,16H,4-5,8-13H2,1-3H3,(H2,20,21,22);1H. The molecule has 1 aliphatic rings. The Kier molecular flexibility index (Phi) is 12.2. The number of methoxy groups -OCH3 is 1. The van der Waals surface area contributed by atoms with E-state index in [1.807, 2.05) is 25.1 Å². The maximum absolute atomic E-state index is 5.87. The van der Waals surface area contributed by atoms with E-state index < -0.39 is 0 Å². The van der Waals surface area contributed by atoms with Gasteiger partial charge in [0.1, 0.15) is 0 Å². The number of halogens is 1. The molecule has 1 fully saturated rings. The van der Waals surface area contributed by atoms with Crippen molar-refractivity contribution >= 4 is 35.6 Å². The van der Waals surface area contributed by atoms with Crippen LogP contribution in [0.1, 0.15) is 26.2 Å². The average molecular weight is 493 g/mol. The summed E-state index contributed by atoms with van der Waals surface area (Å²) in [7, 11) is 3.38. The third-order valence-electron chi connectivity index (χ3n) is 4.09. The largest absolute Gasteiger partial charge is 0.493 e. The Bertz CT molecular complexity index is 566. The Morgan fingerprint density at radius 2 is 2.04 bits per heavy atom. The molecule has 8 heteroatoms. The second-order valence-electron chi connectivity index (χ2n) is 5.96. The van der Waals surface area contributed by atoms with Gasteiger partial charge in [-0.3, -0.25) is 4.99 Å². The van der Waals surface area contributed by atoms with Crippen LogP contribution in [0.25, 0.3) is 0 Å². The van der Waals surface area contributed by atoms with Gasteiger partial charge in [-0.25, -0.2) is 0 Å². The molecule has 2 N–H and O–H groups in total. The van der Waals surface area contributed by atoms with Crippen LogP contribution in [0.2, 0.25) is 0 Å². The van der Waals surface area contributed by atoms with Crippen molar-refractivity contribution in [2.24, 2.45) is 4.99 Å². The molecule has 1 aromatic rings. The fourth-order valence-electron chi connectivity index (χ4n) is 2.71. The molecule has 154 valence electrons. The summed E-state index contributed by atoms with van der Waals surface area (Å²) in [6, 6.07) is 5.72. The maximum atomic E-state index is 5.87. The first-order chi connectivity index (χ1) is 12.8. The first-order valence-electron chi connectivity index (χ1n) is 9.24. The van der Waals surface area contributed by atoms with Gasteiger partial charge < -0.3 is 29.6 Å². The quantitative estimate of drug-likeness (QED) is 0.238. The number of rotatable bonds is 9. The second kappa shape index (κ2) is 13.8. The molecule has 0 amide bonds. The molecule has 1 aliphatic heterocycles. The summed E-state index contributed by atoms with van der Waals surface area (Å²) in [6.45, 7) is 5.68. The van der Waals surface area contributed by atoms with Gasteiger partial charge in [-0.1, -0.05) is 0 Å². The Morgan fingerprint density at radius 1 is 1.26 bits per heavy atom. The molecule has 7 nitrogen and oxygen atoms in total. The summed E-state index contributed by atoms with van der Waals surface area (Å²) in [5, 5.41) is 6.56. The third kappa shape index (κ3) is 8.52. The highest BCUT2D eigenvalue weighted by molar-refractivity contribution is 14.0. The third-order valence-corrected chi connectivity index (χ3v) is 4.09. The van der Waals surface area contributed by atoms with E-state index >= 15 is 0 Å². The topological polar surface area (TPSA) is 73.3 Å². The van der Waals surface area contributed by atoms with Crippen LogP contribution in [0.15, 0.2) is 23.2 Å². The van der Waals surface area contributed by atoms with Gasteiger partial charge in [-0.15, -0.1) is 24.0 Å². The van der Waals surface area contributed by atoms with E-state index in [2.05, 4.69) is 15.6 Å². The zero-order chi connectivity index (χ0) is 18.6. The molecule has 27 heavy (non-hydrogen) atoms. The van der Waals surface area contributed by atoms with Gasteiger partial charge in [0.05, 0.1) is 19.8 Å². The number of hydrogen-bond donors (Lipinski definition) is 2. The molecule has 0 radical (unpaired) electrons. The minimum atomic E-state index is 0. The van der Waals surface area contributed by atoms with Crippen molar-refractivity contribution < 1.29 is 18.9 Å². The van der Waals surface area contributed by atoms with Crippen molar-refractivity contribution in [3.8, 4) is 11.5 Å². The number of hydrogen-bond acceptors (Lipinski definition) is 5. The molecule has 0 spiro atoms. The lowest BCUT2D eigenvalue weighted by atomic mass is 10.1. The molecule has 0 unspecified atom stereocenters. The zero-order valence-corrected chi connectivity index (χ0v) is 18.8. The SMILES string of the molecule is CCOc1cc(NC(=NC)NCCCOC2CCOCC2)ccc1OC.I. The Labute approximate surface area is 179 Å². The van der Waals surface area contributed by atoms with Crippen LogP contribution in [0, 0.1) is 0 Å². The summed E-state index contributed by atoms with van der Waals surface area (Å²) in [4.78, 5) is 4.25. The van der Waals surface area contributed by atoms with Crippen molar-refractivity contribution in [2.75, 3.05) is 52.4 Å². The predicted octanol–water partition coefficient (Wildman–Crippen LogP) is 3.28. The fraction of sp³-hybridized carbons (Fsp3) is 0.632. The Hall–Kier alpha value is -1.26. The minimum Gasteiger partial charge on any atom is -0.493 e. The minimum absolute atomic E-state index is 0. The Balaban J connectivity index is 0.00000364. The van der Waals surface area contributed by atoms with E-state index in [1.165, 1.54) is 0 Å². The number of nitrogens with one attached hydrogen (secondary N) is 2. The molecule has 0 bridgehead atoms. The van der Waals surface area contributed by atoms with Crippen LogP contribution in [0.4, 0.5) is 5.69 Å². The van der Waals surface area contributed by atoms with Crippen molar-refractivity contribution in [2.45, 2.75) is 32.3 Å².